The van der Waals surface area contributed by atoms with Crippen molar-refractivity contribution in [3.63, 3.8) is 0 Å². The van der Waals surface area contributed by atoms with E-state index in [0.29, 0.717) is 5.92 Å². The highest BCUT2D eigenvalue weighted by Crippen LogP contribution is 2.48. The summed E-state index contributed by atoms with van der Waals surface area (Å²) >= 11 is 0. The molecule has 0 N–H and O–H groups in total. The van der Waals surface area contributed by atoms with E-state index >= 15 is 0 Å². The lowest BCUT2D eigenvalue weighted by Gasteiger charge is -2.42. The lowest BCUT2D eigenvalue weighted by Crippen LogP contribution is -2.30. The maximum Gasteiger partial charge on any atom is 0.123 e. The molecule has 0 aliphatic heterocycles. The van der Waals surface area contributed by atoms with Gasteiger partial charge in [0.25, 0.3) is 0 Å². The molecular weight excluding hydrogens is 199 g/mol. The van der Waals surface area contributed by atoms with Gasteiger partial charge in [-0.1, -0.05) is 39.3 Å². The number of halogens is 1. The van der Waals surface area contributed by atoms with E-state index in [1.807, 2.05) is 12.1 Å². The van der Waals surface area contributed by atoms with Crippen LogP contribution in [0.5, 0.6) is 0 Å². The molecule has 1 aliphatic rings. The molecule has 0 spiro atoms. The van der Waals surface area contributed by atoms with E-state index in [1.54, 1.807) is 12.1 Å². The first kappa shape index (κ1) is 11.6. The molecule has 1 saturated carbocycles. The van der Waals surface area contributed by atoms with Gasteiger partial charge in [0.1, 0.15) is 5.82 Å². The first-order valence-electron chi connectivity index (χ1n) is 6.24. The lowest BCUT2D eigenvalue weighted by atomic mass is 9.63. The minimum atomic E-state index is -0.134. The molecule has 0 aromatic heterocycles. The van der Waals surface area contributed by atoms with Crippen LogP contribution in [0, 0.1) is 17.2 Å². The molecule has 0 saturated heterocycles. The van der Waals surface area contributed by atoms with Crippen LogP contribution in [0.3, 0.4) is 0 Å². The summed E-state index contributed by atoms with van der Waals surface area (Å²) in [5.74, 6) is 1.23. The third kappa shape index (κ3) is 2.28. The van der Waals surface area contributed by atoms with Gasteiger partial charge in [0.05, 0.1) is 0 Å². The molecular formula is C15H21F. The monoisotopic (exact) mass is 220 g/mol. The van der Waals surface area contributed by atoms with E-state index in [2.05, 4.69) is 20.8 Å². The fourth-order valence-electron chi connectivity index (χ4n) is 2.92. The van der Waals surface area contributed by atoms with Crippen molar-refractivity contribution in [2.24, 2.45) is 11.3 Å². The van der Waals surface area contributed by atoms with E-state index in [4.69, 9.17) is 0 Å². The third-order valence-electron chi connectivity index (χ3n) is 3.78. The minimum Gasteiger partial charge on any atom is -0.207 e. The van der Waals surface area contributed by atoms with Gasteiger partial charge in [0.2, 0.25) is 0 Å². The zero-order valence-electron chi connectivity index (χ0n) is 10.5. The van der Waals surface area contributed by atoms with Crippen LogP contribution in [0.15, 0.2) is 24.3 Å². The molecule has 1 unspecified atom stereocenters. The van der Waals surface area contributed by atoms with Gasteiger partial charge in [-0.15, -0.1) is 0 Å². The topological polar surface area (TPSA) is 0 Å². The lowest BCUT2D eigenvalue weighted by molar-refractivity contribution is 0.160. The second kappa shape index (κ2) is 4.20. The second-order valence-corrected chi connectivity index (χ2v) is 6.09. The van der Waals surface area contributed by atoms with Gasteiger partial charge in [-0.05, 0) is 47.8 Å². The predicted molar refractivity (Wildman–Crippen MR) is 65.9 cm³/mol. The molecule has 1 fully saturated rings. The Morgan fingerprint density at radius 1 is 1.12 bits per heavy atom. The Hall–Kier alpha value is -0.850. The zero-order valence-corrected chi connectivity index (χ0v) is 10.5. The summed E-state index contributed by atoms with van der Waals surface area (Å²) < 4.78 is 12.9. The Morgan fingerprint density at radius 2 is 1.69 bits per heavy atom. The highest BCUT2D eigenvalue weighted by atomic mass is 19.1. The maximum absolute atomic E-state index is 12.9. The van der Waals surface area contributed by atoms with Gasteiger partial charge in [-0.25, -0.2) is 4.39 Å². The summed E-state index contributed by atoms with van der Waals surface area (Å²) in [6, 6.07) is 7.10. The van der Waals surface area contributed by atoms with Crippen molar-refractivity contribution < 1.29 is 4.39 Å². The normalized spacial score (nSPS) is 19.2. The molecule has 16 heavy (non-hydrogen) atoms. The first-order valence-corrected chi connectivity index (χ1v) is 6.24. The van der Waals surface area contributed by atoms with Crippen LogP contribution in [0.4, 0.5) is 4.39 Å². The van der Waals surface area contributed by atoms with Crippen LogP contribution in [0.25, 0.3) is 0 Å². The average molecular weight is 220 g/mol. The van der Waals surface area contributed by atoms with Gasteiger partial charge in [-0.3, -0.25) is 0 Å². The SMILES string of the molecule is CC(C)(C)C(c1ccc(F)cc1)C1CCC1. The van der Waals surface area contributed by atoms with Gasteiger partial charge >= 0.3 is 0 Å². The molecule has 88 valence electrons. The highest BCUT2D eigenvalue weighted by Gasteiger charge is 2.36. The standard InChI is InChI=1S/C15H21F/c1-15(2,3)14(11-5-4-6-11)12-7-9-13(16)10-8-12/h7-11,14H,4-6H2,1-3H3. The summed E-state index contributed by atoms with van der Waals surface area (Å²) in [6.45, 7) is 6.87. The molecule has 2 rings (SSSR count). The van der Waals surface area contributed by atoms with Gasteiger partial charge < -0.3 is 0 Å². The fraction of sp³-hybridized carbons (Fsp3) is 0.600. The Balaban J connectivity index is 2.27. The number of hydrogen-bond acceptors (Lipinski definition) is 0. The maximum atomic E-state index is 12.9. The van der Waals surface area contributed by atoms with Crippen molar-refractivity contribution in [2.75, 3.05) is 0 Å². The van der Waals surface area contributed by atoms with E-state index in [1.165, 1.54) is 24.8 Å². The van der Waals surface area contributed by atoms with Crippen LogP contribution in [0.1, 0.15) is 51.5 Å². The molecule has 0 amide bonds. The van der Waals surface area contributed by atoms with Gasteiger partial charge in [0.15, 0.2) is 0 Å². The summed E-state index contributed by atoms with van der Waals surface area (Å²) in [5, 5.41) is 0. The predicted octanol–water partition coefficient (Wildman–Crippen LogP) is 4.76. The van der Waals surface area contributed by atoms with Crippen molar-refractivity contribution in [1.82, 2.24) is 0 Å². The Morgan fingerprint density at radius 3 is 2.06 bits per heavy atom. The summed E-state index contributed by atoms with van der Waals surface area (Å²) in [6.07, 6.45) is 4.02. The van der Waals surface area contributed by atoms with E-state index < -0.39 is 0 Å². The van der Waals surface area contributed by atoms with E-state index in [-0.39, 0.29) is 11.2 Å². The van der Waals surface area contributed by atoms with Crippen molar-refractivity contribution in [3.05, 3.63) is 35.6 Å². The molecule has 0 nitrogen and oxygen atoms in total. The van der Waals surface area contributed by atoms with Crippen LogP contribution in [-0.4, -0.2) is 0 Å². The van der Waals surface area contributed by atoms with Gasteiger partial charge in [0, 0.05) is 0 Å². The number of rotatable bonds is 2. The second-order valence-electron chi connectivity index (χ2n) is 6.09. The van der Waals surface area contributed by atoms with Crippen LogP contribution < -0.4 is 0 Å². The smallest absolute Gasteiger partial charge is 0.123 e. The van der Waals surface area contributed by atoms with Gasteiger partial charge in [-0.2, -0.15) is 0 Å². The quantitative estimate of drug-likeness (QED) is 0.674. The summed E-state index contributed by atoms with van der Waals surface area (Å²) in [7, 11) is 0. The Bertz CT molecular complexity index is 341. The third-order valence-corrected chi connectivity index (χ3v) is 3.78. The fourth-order valence-corrected chi connectivity index (χ4v) is 2.92. The van der Waals surface area contributed by atoms with E-state index in [9.17, 15) is 4.39 Å². The van der Waals surface area contributed by atoms with Crippen molar-refractivity contribution >= 4 is 0 Å². The largest absolute Gasteiger partial charge is 0.207 e. The minimum absolute atomic E-state index is 0.134. The molecule has 0 radical (unpaired) electrons. The van der Waals surface area contributed by atoms with E-state index in [0.717, 1.165) is 5.92 Å². The number of hydrogen-bond donors (Lipinski definition) is 0. The first-order chi connectivity index (χ1) is 7.48. The number of benzene rings is 1. The highest BCUT2D eigenvalue weighted by molar-refractivity contribution is 5.23. The van der Waals surface area contributed by atoms with Crippen molar-refractivity contribution in [3.8, 4) is 0 Å². The molecule has 1 heteroatoms. The van der Waals surface area contributed by atoms with Crippen LogP contribution in [-0.2, 0) is 0 Å². The zero-order chi connectivity index (χ0) is 11.8. The summed E-state index contributed by atoms with van der Waals surface area (Å²) in [5.41, 5.74) is 1.57. The molecule has 0 bridgehead atoms. The van der Waals surface area contributed by atoms with Crippen molar-refractivity contribution in [1.29, 1.82) is 0 Å². The molecule has 1 aliphatic carbocycles. The summed E-state index contributed by atoms with van der Waals surface area (Å²) in [4.78, 5) is 0. The Kier molecular flexibility index (Phi) is 3.05. The van der Waals surface area contributed by atoms with Crippen LogP contribution in [0.2, 0.25) is 0 Å². The van der Waals surface area contributed by atoms with Crippen LogP contribution >= 0.6 is 0 Å². The average Bonchev–Trinajstić information content (AvgIpc) is 2.11. The molecule has 0 heterocycles. The molecule has 1 aromatic carbocycles. The Labute approximate surface area is 97.9 Å². The molecule has 1 aromatic rings. The molecule has 1 atom stereocenters. The van der Waals surface area contributed by atoms with Crippen molar-refractivity contribution in [2.45, 2.75) is 46.0 Å².